The van der Waals surface area contributed by atoms with Gasteiger partial charge in [0.15, 0.2) is 5.11 Å². The maximum atomic E-state index is 10.9. The van der Waals surface area contributed by atoms with Crippen molar-refractivity contribution in [3.8, 4) is 0 Å². The van der Waals surface area contributed by atoms with Gasteiger partial charge in [-0.3, -0.25) is 15.5 Å². The van der Waals surface area contributed by atoms with Crippen molar-refractivity contribution in [2.24, 2.45) is 11.0 Å². The van der Waals surface area contributed by atoms with E-state index in [9.17, 15) is 10.1 Å². The van der Waals surface area contributed by atoms with E-state index in [2.05, 4.69) is 22.8 Å². The maximum Gasteiger partial charge on any atom is 0.292 e. The van der Waals surface area contributed by atoms with Crippen molar-refractivity contribution in [3.63, 3.8) is 0 Å². The van der Waals surface area contributed by atoms with Gasteiger partial charge in [-0.25, -0.2) is 0 Å². The van der Waals surface area contributed by atoms with Crippen molar-refractivity contribution in [1.29, 1.82) is 0 Å². The van der Waals surface area contributed by atoms with Gasteiger partial charge in [-0.05, 0) is 42.8 Å². The molecule has 24 heavy (non-hydrogen) atoms. The summed E-state index contributed by atoms with van der Waals surface area (Å²) < 4.78 is 5.69. The molecule has 2 N–H and O–H groups in total. The zero-order valence-electron chi connectivity index (χ0n) is 12.9. The second kappa shape index (κ2) is 6.79. The first-order valence-corrected chi connectivity index (χ1v) is 7.88. The second-order valence-corrected chi connectivity index (χ2v) is 6.07. The second-order valence-electron chi connectivity index (χ2n) is 5.66. The van der Waals surface area contributed by atoms with Gasteiger partial charge in [-0.2, -0.15) is 5.10 Å². The lowest BCUT2D eigenvalue weighted by atomic mass is 10.3. The van der Waals surface area contributed by atoms with Crippen LogP contribution in [-0.2, 0) is 0 Å². The molecule has 1 aliphatic carbocycles. The number of nitro groups is 1. The smallest absolute Gasteiger partial charge is 0.292 e. The minimum absolute atomic E-state index is 0.0557. The normalized spacial score (nSPS) is 19.2. The van der Waals surface area contributed by atoms with Gasteiger partial charge in [0, 0.05) is 12.0 Å². The summed E-state index contributed by atoms with van der Waals surface area (Å²) >= 11 is 5.08. The molecule has 0 aliphatic heterocycles. The van der Waals surface area contributed by atoms with E-state index in [1.165, 1.54) is 12.3 Å². The number of nitrogens with zero attached hydrogens (tertiary/aromatic N) is 2. The van der Waals surface area contributed by atoms with Gasteiger partial charge in [-0.1, -0.05) is 19.1 Å². The van der Waals surface area contributed by atoms with Crippen molar-refractivity contribution in [2.75, 3.05) is 5.32 Å². The van der Waals surface area contributed by atoms with E-state index in [1.807, 2.05) is 12.1 Å². The summed E-state index contributed by atoms with van der Waals surface area (Å²) in [4.78, 5) is 10.5. The van der Waals surface area contributed by atoms with Crippen molar-refractivity contribution in [3.05, 3.63) is 58.0 Å². The molecule has 1 fully saturated rings. The molecule has 0 bridgehead atoms. The average Bonchev–Trinajstić information content (AvgIpc) is 3.09. The zero-order chi connectivity index (χ0) is 17.1. The van der Waals surface area contributed by atoms with Crippen LogP contribution in [-0.4, -0.2) is 16.3 Å². The largest absolute Gasteiger partial charge is 0.460 e. The fraction of sp³-hybridized carbons (Fsp3) is 0.250. The monoisotopic (exact) mass is 344 g/mol. The number of para-hydroxylation sites is 2. The van der Waals surface area contributed by atoms with E-state index < -0.39 is 4.92 Å². The number of hydrazone groups is 1. The van der Waals surface area contributed by atoms with Crippen molar-refractivity contribution in [1.82, 2.24) is 5.43 Å². The number of furan rings is 1. The fourth-order valence-corrected chi connectivity index (χ4v) is 2.56. The Kier molecular flexibility index (Phi) is 4.57. The highest BCUT2D eigenvalue weighted by atomic mass is 32.1. The van der Waals surface area contributed by atoms with Gasteiger partial charge in [-0.15, -0.1) is 0 Å². The Morgan fingerprint density at radius 2 is 2.17 bits per heavy atom. The Morgan fingerprint density at radius 3 is 2.88 bits per heavy atom. The lowest BCUT2D eigenvalue weighted by Crippen LogP contribution is -2.24. The third-order valence-corrected chi connectivity index (χ3v) is 4.02. The third-order valence-electron chi connectivity index (χ3n) is 3.83. The van der Waals surface area contributed by atoms with Crippen LogP contribution < -0.4 is 10.7 Å². The van der Waals surface area contributed by atoms with E-state index >= 15 is 0 Å². The first-order valence-electron chi connectivity index (χ1n) is 7.48. The molecule has 8 heteroatoms. The molecule has 1 heterocycles. The highest BCUT2D eigenvalue weighted by Crippen LogP contribution is 2.47. The lowest BCUT2D eigenvalue weighted by Gasteiger charge is -2.06. The Bertz CT molecular complexity index is 802. The molecule has 0 radical (unpaired) electrons. The predicted octanol–water partition coefficient (Wildman–Crippen LogP) is 3.63. The summed E-state index contributed by atoms with van der Waals surface area (Å²) in [7, 11) is 0. The molecule has 0 spiro atoms. The van der Waals surface area contributed by atoms with Crippen LogP contribution in [0.2, 0.25) is 0 Å². The van der Waals surface area contributed by atoms with Crippen LogP contribution in [0.1, 0.15) is 30.8 Å². The summed E-state index contributed by atoms with van der Waals surface area (Å²) in [5.41, 5.74) is 2.86. The molecule has 2 aromatic rings. The zero-order valence-corrected chi connectivity index (χ0v) is 13.7. The summed E-state index contributed by atoms with van der Waals surface area (Å²) in [6.07, 6.45) is 2.68. The highest BCUT2D eigenvalue weighted by molar-refractivity contribution is 7.80. The van der Waals surface area contributed by atoms with Gasteiger partial charge in [0.2, 0.25) is 0 Å². The van der Waals surface area contributed by atoms with E-state index in [4.69, 9.17) is 16.6 Å². The molecule has 1 aliphatic rings. The van der Waals surface area contributed by atoms with Gasteiger partial charge in [0.1, 0.15) is 17.2 Å². The standard InChI is InChI=1S/C16H16N4O3S/c1-10-8-12(10)15-7-6-11(23-15)9-17-19-16(24)18-13-4-2-3-5-14(13)20(21)22/h2-7,9-10,12H,8H2,1H3,(H2,18,19,24)/b17-9-/t10-,12+/m1/s1. The quantitative estimate of drug-likeness (QED) is 0.372. The van der Waals surface area contributed by atoms with Crippen LogP contribution in [0.4, 0.5) is 11.4 Å². The van der Waals surface area contributed by atoms with Crippen molar-refractivity contribution in [2.45, 2.75) is 19.3 Å². The van der Waals surface area contributed by atoms with Crippen molar-refractivity contribution < 1.29 is 9.34 Å². The van der Waals surface area contributed by atoms with Crippen molar-refractivity contribution >= 4 is 34.9 Å². The molecule has 0 unspecified atom stereocenters. The lowest BCUT2D eigenvalue weighted by molar-refractivity contribution is -0.383. The van der Waals surface area contributed by atoms with E-state index in [-0.39, 0.29) is 10.8 Å². The summed E-state index contributed by atoms with van der Waals surface area (Å²) in [5, 5.41) is 17.8. The Balaban J connectivity index is 1.56. The number of anilines is 1. The molecule has 1 saturated carbocycles. The molecular formula is C16H16N4O3S. The highest BCUT2D eigenvalue weighted by Gasteiger charge is 2.36. The Morgan fingerprint density at radius 1 is 1.42 bits per heavy atom. The topological polar surface area (TPSA) is 92.7 Å². The SMILES string of the molecule is C[C@@H]1C[C@@H]1c1ccc(/C=N\NC(=S)Nc2ccccc2[N+](=O)[O-])o1. The molecule has 3 rings (SSSR count). The molecular weight excluding hydrogens is 328 g/mol. The number of hydrogen-bond donors (Lipinski definition) is 2. The van der Waals surface area contributed by atoms with Crippen LogP contribution >= 0.6 is 12.2 Å². The minimum Gasteiger partial charge on any atom is -0.460 e. The maximum absolute atomic E-state index is 10.9. The predicted molar refractivity (Wildman–Crippen MR) is 95.3 cm³/mol. The van der Waals surface area contributed by atoms with E-state index in [1.54, 1.807) is 18.2 Å². The third kappa shape index (κ3) is 3.77. The molecule has 1 aromatic heterocycles. The number of benzene rings is 1. The molecule has 0 saturated heterocycles. The average molecular weight is 344 g/mol. The number of rotatable bonds is 5. The number of hydrogen-bond acceptors (Lipinski definition) is 5. The van der Waals surface area contributed by atoms with Gasteiger partial charge in [0.25, 0.3) is 5.69 Å². The van der Waals surface area contributed by atoms with E-state index in [0.717, 1.165) is 12.2 Å². The summed E-state index contributed by atoms with van der Waals surface area (Å²) in [6, 6.07) is 10.1. The first kappa shape index (κ1) is 16.1. The first-order chi connectivity index (χ1) is 11.5. The molecule has 0 amide bonds. The molecule has 7 nitrogen and oxygen atoms in total. The molecule has 2 atom stereocenters. The van der Waals surface area contributed by atoms with Crippen LogP contribution in [0.15, 0.2) is 45.9 Å². The molecule has 1 aromatic carbocycles. The van der Waals surface area contributed by atoms with Gasteiger partial charge in [0.05, 0.1) is 11.1 Å². The Labute approximate surface area is 143 Å². The van der Waals surface area contributed by atoms with Crippen LogP contribution in [0.5, 0.6) is 0 Å². The van der Waals surface area contributed by atoms with E-state index in [0.29, 0.717) is 23.3 Å². The Hall–Kier alpha value is -2.74. The summed E-state index contributed by atoms with van der Waals surface area (Å²) in [6.45, 7) is 2.19. The van der Waals surface area contributed by atoms with Crippen LogP contribution in [0, 0.1) is 16.0 Å². The fourth-order valence-electron chi connectivity index (χ4n) is 2.40. The van der Waals surface area contributed by atoms with Crippen LogP contribution in [0.25, 0.3) is 0 Å². The number of nitrogens with one attached hydrogen (secondary N) is 2. The van der Waals surface area contributed by atoms with Gasteiger partial charge >= 0.3 is 0 Å². The minimum atomic E-state index is -0.475. The number of nitro benzene ring substituents is 1. The number of thiocarbonyl (C=S) groups is 1. The molecule has 124 valence electrons. The summed E-state index contributed by atoms with van der Waals surface area (Å²) in [5.74, 6) is 2.80. The van der Waals surface area contributed by atoms with Crippen LogP contribution in [0.3, 0.4) is 0 Å². The van der Waals surface area contributed by atoms with Gasteiger partial charge < -0.3 is 9.73 Å².